The normalized spacial score (nSPS) is 17.3. The zero-order chi connectivity index (χ0) is 18.6. The van der Waals surface area contributed by atoms with E-state index in [0.29, 0.717) is 26.2 Å². The van der Waals surface area contributed by atoms with Crippen LogP contribution in [0.2, 0.25) is 0 Å². The Morgan fingerprint density at radius 1 is 1.24 bits per heavy atom. The van der Waals surface area contributed by atoms with Crippen LogP contribution in [0.4, 0.5) is 0 Å². The third-order valence-electron chi connectivity index (χ3n) is 4.02. The first kappa shape index (κ1) is 19.3. The highest BCUT2D eigenvalue weighted by atomic mass is 32.2. The minimum atomic E-state index is -4.48. The molecule has 1 aromatic rings. The molecule has 1 aliphatic heterocycles. The zero-order valence-electron chi connectivity index (χ0n) is 13.4. The molecule has 1 amide bonds. The fourth-order valence-corrected chi connectivity index (χ4v) is 3.41. The quantitative estimate of drug-likeness (QED) is 0.490. The summed E-state index contributed by atoms with van der Waals surface area (Å²) in [6.45, 7) is 1.84. The third kappa shape index (κ3) is 5.78. The molecule has 138 valence electrons. The number of hydrogen-bond donors (Lipinski definition) is 2. The molecule has 1 fully saturated rings. The first-order valence-electron chi connectivity index (χ1n) is 7.71. The molecule has 0 bridgehead atoms. The molecular formula is C15H19N2O7S-. The number of quaternary nitrogens is 1. The first-order chi connectivity index (χ1) is 11.7. The molecular weight excluding hydrogens is 352 g/mol. The van der Waals surface area contributed by atoms with Crippen molar-refractivity contribution in [1.29, 1.82) is 0 Å². The number of benzene rings is 1. The number of amides is 1. The van der Waals surface area contributed by atoms with Gasteiger partial charge in [0.2, 0.25) is 0 Å². The SMILES string of the molecule is O=C([O-])c1cccc(C(=O)N2CC[NH+](C[C@@H](O)CS(=O)(=O)[O-])CC2)c1. The molecule has 0 saturated carbocycles. The standard InChI is InChI=1S/C15H20N2O7S/c18-13(10-25(22,23)24)9-16-4-6-17(7-5-16)14(19)11-2-1-3-12(8-11)15(20)21/h1-3,8,13,18H,4-7,9-10H2,(H,20,21)(H,22,23,24)/p-1/t13-/m1/s1. The molecule has 10 heteroatoms. The molecule has 0 aliphatic carbocycles. The average molecular weight is 371 g/mol. The van der Waals surface area contributed by atoms with Gasteiger partial charge in [-0.2, -0.15) is 0 Å². The summed E-state index contributed by atoms with van der Waals surface area (Å²) in [6.07, 6.45) is -1.24. The van der Waals surface area contributed by atoms with Crippen molar-refractivity contribution in [3.63, 3.8) is 0 Å². The second kappa shape index (κ2) is 7.91. The third-order valence-corrected chi connectivity index (χ3v) is 4.82. The van der Waals surface area contributed by atoms with E-state index < -0.39 is 27.9 Å². The summed E-state index contributed by atoms with van der Waals surface area (Å²) in [6, 6.07) is 5.61. The summed E-state index contributed by atoms with van der Waals surface area (Å²) < 4.78 is 31.9. The van der Waals surface area contributed by atoms with Gasteiger partial charge in [0.25, 0.3) is 5.91 Å². The van der Waals surface area contributed by atoms with Crippen molar-refractivity contribution in [2.24, 2.45) is 0 Å². The monoisotopic (exact) mass is 371 g/mol. The summed E-state index contributed by atoms with van der Waals surface area (Å²) in [5, 5.41) is 20.5. The average Bonchev–Trinajstić information content (AvgIpc) is 2.53. The van der Waals surface area contributed by atoms with Crippen LogP contribution in [-0.4, -0.2) is 79.4 Å². The molecule has 1 saturated heterocycles. The van der Waals surface area contributed by atoms with Crippen LogP contribution >= 0.6 is 0 Å². The maximum absolute atomic E-state index is 12.4. The summed E-state index contributed by atoms with van der Waals surface area (Å²) in [4.78, 5) is 25.7. The van der Waals surface area contributed by atoms with E-state index in [2.05, 4.69) is 0 Å². The van der Waals surface area contributed by atoms with Gasteiger partial charge in [-0.25, -0.2) is 8.42 Å². The topological polar surface area (TPSA) is 142 Å². The fraction of sp³-hybridized carbons (Fsp3) is 0.467. The number of nitrogens with zero attached hydrogens (tertiary/aromatic N) is 1. The summed E-state index contributed by atoms with van der Waals surface area (Å²) in [5.74, 6) is -2.48. The number of aliphatic hydroxyl groups is 1. The largest absolute Gasteiger partial charge is 0.748 e. The van der Waals surface area contributed by atoms with Crippen molar-refractivity contribution in [3.05, 3.63) is 35.4 Å². The molecule has 2 rings (SSSR count). The van der Waals surface area contributed by atoms with Crippen LogP contribution in [0.15, 0.2) is 24.3 Å². The number of aliphatic hydroxyl groups excluding tert-OH is 1. The zero-order valence-corrected chi connectivity index (χ0v) is 14.2. The number of aromatic carboxylic acids is 1. The number of carbonyl (C=O) groups is 2. The summed E-state index contributed by atoms with van der Waals surface area (Å²) >= 11 is 0. The van der Waals surface area contributed by atoms with Crippen LogP contribution in [-0.2, 0) is 10.1 Å². The lowest BCUT2D eigenvalue weighted by Gasteiger charge is -2.33. The maximum Gasteiger partial charge on any atom is 0.254 e. The van der Waals surface area contributed by atoms with Gasteiger partial charge < -0.3 is 29.4 Å². The van der Waals surface area contributed by atoms with Crippen LogP contribution in [0.25, 0.3) is 0 Å². The number of nitrogens with one attached hydrogen (secondary N) is 1. The first-order valence-corrected chi connectivity index (χ1v) is 9.29. The van der Waals surface area contributed by atoms with Crippen LogP contribution in [0.3, 0.4) is 0 Å². The highest BCUT2D eigenvalue weighted by molar-refractivity contribution is 7.85. The smallest absolute Gasteiger partial charge is 0.254 e. The molecule has 25 heavy (non-hydrogen) atoms. The molecule has 2 N–H and O–H groups in total. The van der Waals surface area contributed by atoms with Gasteiger partial charge >= 0.3 is 0 Å². The second-order valence-electron chi connectivity index (χ2n) is 5.99. The van der Waals surface area contributed by atoms with E-state index in [1.807, 2.05) is 0 Å². The van der Waals surface area contributed by atoms with Gasteiger partial charge in [-0.1, -0.05) is 12.1 Å². The van der Waals surface area contributed by atoms with Gasteiger partial charge in [0.1, 0.15) is 12.6 Å². The van der Waals surface area contributed by atoms with Crippen LogP contribution in [0.1, 0.15) is 20.7 Å². The van der Waals surface area contributed by atoms with Gasteiger partial charge in [0.15, 0.2) is 0 Å². The lowest BCUT2D eigenvalue weighted by molar-refractivity contribution is -0.906. The number of carboxylic acids is 1. The van der Waals surface area contributed by atoms with E-state index in [1.54, 1.807) is 4.90 Å². The van der Waals surface area contributed by atoms with Crippen LogP contribution in [0.5, 0.6) is 0 Å². The van der Waals surface area contributed by atoms with E-state index in [0.717, 1.165) is 4.90 Å². The summed E-state index contributed by atoms with van der Waals surface area (Å²) in [5.41, 5.74) is 0.180. The molecule has 1 aliphatic rings. The molecule has 0 aromatic heterocycles. The van der Waals surface area contributed by atoms with Crippen molar-refractivity contribution >= 4 is 22.0 Å². The molecule has 1 atom stereocenters. The van der Waals surface area contributed by atoms with E-state index in [9.17, 15) is 32.8 Å². The fourth-order valence-electron chi connectivity index (χ4n) is 2.82. The molecule has 0 radical (unpaired) electrons. The molecule has 1 aromatic carbocycles. The minimum Gasteiger partial charge on any atom is -0.748 e. The number of piperazine rings is 1. The Morgan fingerprint density at radius 3 is 2.40 bits per heavy atom. The molecule has 1 heterocycles. The maximum atomic E-state index is 12.4. The van der Waals surface area contributed by atoms with Crippen molar-refractivity contribution in [3.8, 4) is 0 Å². The van der Waals surface area contributed by atoms with Crippen molar-refractivity contribution in [2.75, 3.05) is 38.5 Å². The number of rotatable bonds is 6. The summed E-state index contributed by atoms with van der Waals surface area (Å²) in [7, 11) is -4.48. The Kier molecular flexibility index (Phi) is 6.11. The van der Waals surface area contributed by atoms with E-state index >= 15 is 0 Å². The number of hydrogen-bond acceptors (Lipinski definition) is 7. The number of carbonyl (C=O) groups excluding carboxylic acids is 2. The molecule has 9 nitrogen and oxygen atoms in total. The van der Waals surface area contributed by atoms with Gasteiger partial charge in [0, 0.05) is 5.56 Å². The molecule has 0 spiro atoms. The van der Waals surface area contributed by atoms with E-state index in [4.69, 9.17) is 0 Å². The highest BCUT2D eigenvalue weighted by Gasteiger charge is 2.26. The Hall–Kier alpha value is -2.01. The van der Waals surface area contributed by atoms with Crippen molar-refractivity contribution in [1.82, 2.24) is 4.90 Å². The van der Waals surface area contributed by atoms with Gasteiger partial charge in [-0.05, 0) is 17.7 Å². The Labute approximate surface area is 145 Å². The van der Waals surface area contributed by atoms with Crippen molar-refractivity contribution in [2.45, 2.75) is 6.10 Å². The lowest BCUT2D eigenvalue weighted by atomic mass is 10.1. The Balaban J connectivity index is 1.90. The van der Waals surface area contributed by atoms with Gasteiger partial charge in [-0.15, -0.1) is 0 Å². The van der Waals surface area contributed by atoms with E-state index in [-0.39, 0.29) is 23.6 Å². The molecule has 0 unspecified atom stereocenters. The van der Waals surface area contributed by atoms with E-state index in [1.165, 1.54) is 24.3 Å². The minimum absolute atomic E-state index is 0.0722. The van der Waals surface area contributed by atoms with Gasteiger partial charge in [0.05, 0.1) is 48.0 Å². The second-order valence-corrected chi connectivity index (χ2v) is 7.44. The van der Waals surface area contributed by atoms with Gasteiger partial charge in [-0.3, -0.25) is 4.79 Å². The highest BCUT2D eigenvalue weighted by Crippen LogP contribution is 2.08. The predicted molar refractivity (Wildman–Crippen MR) is 82.8 cm³/mol. The Morgan fingerprint density at radius 2 is 1.84 bits per heavy atom. The van der Waals surface area contributed by atoms with Crippen LogP contribution < -0.4 is 10.0 Å². The van der Waals surface area contributed by atoms with Crippen molar-refractivity contribution < 1.29 is 37.7 Å². The number of carboxylic acid groups (broad SMARTS) is 1. The van der Waals surface area contributed by atoms with Crippen LogP contribution in [0, 0.1) is 0 Å². The lowest BCUT2D eigenvalue weighted by Crippen LogP contribution is -3.16. The Bertz CT molecular complexity index is 742. The predicted octanol–water partition coefficient (Wildman–Crippen LogP) is -3.70.